The van der Waals surface area contributed by atoms with Crippen molar-refractivity contribution >= 4 is 17.2 Å². The molecule has 0 aromatic carbocycles. The second-order valence-corrected chi connectivity index (χ2v) is 7.38. The number of amides is 1. The Morgan fingerprint density at radius 3 is 3.09 bits per heavy atom. The molecule has 1 amide bonds. The number of nitrogens with zero attached hydrogens (tertiary/aromatic N) is 4. The summed E-state index contributed by atoms with van der Waals surface area (Å²) < 4.78 is 2.21. The number of carbonyl (C=O) groups is 1. The number of aromatic nitrogens is 3. The molecule has 2 aromatic rings. The van der Waals surface area contributed by atoms with Crippen molar-refractivity contribution in [2.45, 2.75) is 45.4 Å². The van der Waals surface area contributed by atoms with Gasteiger partial charge in [-0.15, -0.1) is 11.3 Å². The van der Waals surface area contributed by atoms with E-state index in [0.717, 1.165) is 42.7 Å². The SMILES string of the molecule is O=C(CC1CC1)NCc1cn2c(n1)CN(Cc1nccs1)CC2. The first kappa shape index (κ1) is 14.8. The van der Waals surface area contributed by atoms with Crippen LogP contribution in [-0.4, -0.2) is 31.9 Å². The third-order valence-corrected chi connectivity index (χ3v) is 5.18. The Hall–Kier alpha value is -1.73. The highest BCUT2D eigenvalue weighted by molar-refractivity contribution is 7.09. The lowest BCUT2D eigenvalue weighted by atomic mass is 10.3. The van der Waals surface area contributed by atoms with Crippen LogP contribution in [0.1, 0.15) is 35.8 Å². The number of nitrogens with one attached hydrogen (secondary N) is 1. The highest BCUT2D eigenvalue weighted by atomic mass is 32.1. The van der Waals surface area contributed by atoms with E-state index in [9.17, 15) is 4.79 Å². The van der Waals surface area contributed by atoms with Gasteiger partial charge in [0.2, 0.25) is 5.91 Å². The Labute approximate surface area is 139 Å². The standard InChI is InChI=1S/C16H21N5OS/c22-15(7-12-1-2-12)18-8-13-9-21-5-4-20(10-14(21)19-13)11-16-17-3-6-23-16/h3,6,9,12H,1-2,4-5,7-8,10-11H2,(H,18,22). The van der Waals surface area contributed by atoms with E-state index in [1.807, 2.05) is 11.6 Å². The van der Waals surface area contributed by atoms with Crippen molar-refractivity contribution in [3.8, 4) is 0 Å². The van der Waals surface area contributed by atoms with Crippen LogP contribution in [0.15, 0.2) is 17.8 Å². The minimum Gasteiger partial charge on any atom is -0.350 e. The molecule has 0 saturated heterocycles. The Morgan fingerprint density at radius 1 is 1.39 bits per heavy atom. The summed E-state index contributed by atoms with van der Waals surface area (Å²) in [4.78, 5) is 23.2. The Morgan fingerprint density at radius 2 is 2.30 bits per heavy atom. The van der Waals surface area contributed by atoms with Gasteiger partial charge in [-0.1, -0.05) is 0 Å². The fourth-order valence-electron chi connectivity index (χ4n) is 2.95. The molecule has 0 atom stereocenters. The maximum Gasteiger partial charge on any atom is 0.220 e. The molecule has 2 aromatic heterocycles. The molecule has 1 N–H and O–H groups in total. The smallest absolute Gasteiger partial charge is 0.220 e. The minimum absolute atomic E-state index is 0.156. The number of carbonyl (C=O) groups excluding carboxylic acids is 1. The monoisotopic (exact) mass is 331 g/mol. The summed E-state index contributed by atoms with van der Waals surface area (Å²) in [6.07, 6.45) is 7.03. The second kappa shape index (κ2) is 6.41. The Balaban J connectivity index is 1.32. The number of imidazole rings is 1. The van der Waals surface area contributed by atoms with E-state index in [0.29, 0.717) is 18.9 Å². The summed E-state index contributed by atoms with van der Waals surface area (Å²) in [7, 11) is 0. The first-order chi connectivity index (χ1) is 11.3. The van der Waals surface area contributed by atoms with Crippen molar-refractivity contribution in [1.82, 2.24) is 24.8 Å². The van der Waals surface area contributed by atoms with Gasteiger partial charge in [-0.2, -0.15) is 0 Å². The van der Waals surface area contributed by atoms with Crippen LogP contribution >= 0.6 is 11.3 Å². The quantitative estimate of drug-likeness (QED) is 0.876. The second-order valence-electron chi connectivity index (χ2n) is 6.40. The van der Waals surface area contributed by atoms with Gasteiger partial charge in [0.25, 0.3) is 0 Å². The molecule has 1 aliphatic heterocycles. The average molecular weight is 331 g/mol. The van der Waals surface area contributed by atoms with Crippen LogP contribution in [0.3, 0.4) is 0 Å². The van der Waals surface area contributed by atoms with Gasteiger partial charge < -0.3 is 9.88 Å². The topological polar surface area (TPSA) is 63.1 Å². The summed E-state index contributed by atoms with van der Waals surface area (Å²) in [5.74, 6) is 1.87. The molecule has 1 fully saturated rings. The first-order valence-corrected chi connectivity index (χ1v) is 9.06. The van der Waals surface area contributed by atoms with Crippen LogP contribution in [0.4, 0.5) is 0 Å². The number of fused-ring (bicyclic) bond motifs is 1. The zero-order valence-corrected chi connectivity index (χ0v) is 13.9. The van der Waals surface area contributed by atoms with Crippen LogP contribution in [0.25, 0.3) is 0 Å². The van der Waals surface area contributed by atoms with E-state index in [1.165, 1.54) is 12.8 Å². The third-order valence-electron chi connectivity index (χ3n) is 4.41. The molecule has 6 nitrogen and oxygen atoms in total. The van der Waals surface area contributed by atoms with E-state index >= 15 is 0 Å². The number of hydrogen-bond donors (Lipinski definition) is 1. The van der Waals surface area contributed by atoms with E-state index < -0.39 is 0 Å². The summed E-state index contributed by atoms with van der Waals surface area (Å²) in [6, 6.07) is 0. The minimum atomic E-state index is 0.156. The molecule has 7 heteroatoms. The van der Waals surface area contributed by atoms with Crippen molar-refractivity contribution in [3.63, 3.8) is 0 Å². The van der Waals surface area contributed by atoms with Gasteiger partial charge in [0.1, 0.15) is 10.8 Å². The number of hydrogen-bond acceptors (Lipinski definition) is 5. The zero-order valence-electron chi connectivity index (χ0n) is 13.1. The molecule has 122 valence electrons. The lowest BCUT2D eigenvalue weighted by molar-refractivity contribution is -0.121. The largest absolute Gasteiger partial charge is 0.350 e. The Kier molecular flexibility index (Phi) is 4.13. The molecule has 4 rings (SSSR count). The molecule has 0 radical (unpaired) electrons. The van der Waals surface area contributed by atoms with Gasteiger partial charge in [0, 0.05) is 37.3 Å². The lowest BCUT2D eigenvalue weighted by Crippen LogP contribution is -2.33. The molecular formula is C16H21N5OS. The molecule has 2 aliphatic rings. The summed E-state index contributed by atoms with van der Waals surface area (Å²) >= 11 is 1.70. The number of rotatable bonds is 6. The van der Waals surface area contributed by atoms with Gasteiger partial charge >= 0.3 is 0 Å². The number of thiazole rings is 1. The fraction of sp³-hybridized carbons (Fsp3) is 0.562. The van der Waals surface area contributed by atoms with Crippen LogP contribution in [-0.2, 0) is 31.0 Å². The predicted octanol–water partition coefficient (Wildman–Crippen LogP) is 1.77. The summed E-state index contributed by atoms with van der Waals surface area (Å²) in [5.41, 5.74) is 0.959. The Bertz CT molecular complexity index is 677. The molecule has 1 saturated carbocycles. The predicted molar refractivity (Wildman–Crippen MR) is 87.6 cm³/mol. The van der Waals surface area contributed by atoms with Crippen LogP contribution in [0, 0.1) is 5.92 Å². The fourth-order valence-corrected chi connectivity index (χ4v) is 3.61. The van der Waals surface area contributed by atoms with Crippen molar-refractivity contribution in [1.29, 1.82) is 0 Å². The molecule has 0 unspecified atom stereocenters. The van der Waals surface area contributed by atoms with Crippen LogP contribution < -0.4 is 5.32 Å². The lowest BCUT2D eigenvalue weighted by Gasteiger charge is -2.26. The highest BCUT2D eigenvalue weighted by Gasteiger charge is 2.24. The molecule has 3 heterocycles. The van der Waals surface area contributed by atoms with Crippen molar-refractivity contribution in [3.05, 3.63) is 34.3 Å². The van der Waals surface area contributed by atoms with Gasteiger partial charge in [0.05, 0.1) is 25.3 Å². The van der Waals surface area contributed by atoms with Crippen LogP contribution in [0.2, 0.25) is 0 Å². The molecule has 23 heavy (non-hydrogen) atoms. The van der Waals surface area contributed by atoms with E-state index in [1.54, 1.807) is 11.3 Å². The molecule has 0 spiro atoms. The van der Waals surface area contributed by atoms with Crippen molar-refractivity contribution < 1.29 is 4.79 Å². The third kappa shape index (κ3) is 3.79. The van der Waals surface area contributed by atoms with E-state index in [-0.39, 0.29) is 5.91 Å². The molecule has 1 aliphatic carbocycles. The summed E-state index contributed by atoms with van der Waals surface area (Å²) in [5, 5.41) is 6.16. The highest BCUT2D eigenvalue weighted by Crippen LogP contribution is 2.32. The van der Waals surface area contributed by atoms with Gasteiger partial charge in [-0.25, -0.2) is 9.97 Å². The van der Waals surface area contributed by atoms with Crippen molar-refractivity contribution in [2.24, 2.45) is 5.92 Å². The first-order valence-electron chi connectivity index (χ1n) is 8.18. The zero-order chi connectivity index (χ0) is 15.6. The van der Waals surface area contributed by atoms with E-state index in [4.69, 9.17) is 0 Å². The van der Waals surface area contributed by atoms with Crippen molar-refractivity contribution in [2.75, 3.05) is 6.54 Å². The van der Waals surface area contributed by atoms with Crippen LogP contribution in [0.5, 0.6) is 0 Å². The summed E-state index contributed by atoms with van der Waals surface area (Å²) in [6.45, 7) is 4.23. The molecular weight excluding hydrogens is 310 g/mol. The van der Waals surface area contributed by atoms with Gasteiger partial charge in [0.15, 0.2) is 0 Å². The van der Waals surface area contributed by atoms with Gasteiger partial charge in [-0.3, -0.25) is 9.69 Å². The maximum absolute atomic E-state index is 11.8. The normalized spacial score (nSPS) is 17.9. The van der Waals surface area contributed by atoms with E-state index in [2.05, 4.69) is 30.9 Å². The van der Waals surface area contributed by atoms with Gasteiger partial charge in [-0.05, 0) is 18.8 Å². The maximum atomic E-state index is 11.8. The molecule has 0 bridgehead atoms. The average Bonchev–Trinajstić information content (AvgIpc) is 3.05.